The Bertz CT molecular complexity index is 1300. The minimum atomic E-state index is -4.33. The summed E-state index contributed by atoms with van der Waals surface area (Å²) >= 11 is 0. The predicted octanol–water partition coefficient (Wildman–Crippen LogP) is 3.71. The van der Waals surface area contributed by atoms with Crippen molar-refractivity contribution in [3.8, 4) is 11.5 Å². The van der Waals surface area contributed by atoms with E-state index in [1.54, 1.807) is 0 Å². The highest BCUT2D eigenvalue weighted by Gasteiger charge is 2.43. The van der Waals surface area contributed by atoms with Crippen molar-refractivity contribution in [3.63, 3.8) is 0 Å². The quantitative estimate of drug-likeness (QED) is 0.576. The van der Waals surface area contributed by atoms with Gasteiger partial charge in [0.05, 0.1) is 44.5 Å². The minimum absolute atomic E-state index is 0.00448. The number of sulfonamides is 1. The molecule has 166 valence electrons. The maximum Gasteiger partial charge on any atom is 0.343 e. The Morgan fingerprint density at radius 1 is 0.969 bits per heavy atom. The number of halogens is 2. The zero-order valence-electron chi connectivity index (χ0n) is 17.0. The van der Waals surface area contributed by atoms with E-state index in [1.165, 1.54) is 56.7 Å². The third-order valence-electron chi connectivity index (χ3n) is 4.95. The minimum Gasteiger partial charge on any atom is -0.493 e. The highest BCUT2D eigenvalue weighted by molar-refractivity contribution is 7.94. The van der Waals surface area contributed by atoms with Crippen LogP contribution in [0.2, 0.25) is 0 Å². The molecule has 32 heavy (non-hydrogen) atoms. The Morgan fingerprint density at radius 3 is 2.28 bits per heavy atom. The van der Waals surface area contributed by atoms with E-state index in [-0.39, 0.29) is 22.0 Å². The number of methoxy groups -OCH3 is 2. The average molecular weight is 461 g/mol. The van der Waals surface area contributed by atoms with Gasteiger partial charge >= 0.3 is 6.03 Å². The summed E-state index contributed by atoms with van der Waals surface area (Å²) in [5, 5.41) is 0. The van der Waals surface area contributed by atoms with Crippen LogP contribution in [-0.2, 0) is 16.6 Å². The number of urea groups is 1. The van der Waals surface area contributed by atoms with Crippen LogP contribution >= 0.6 is 0 Å². The van der Waals surface area contributed by atoms with Crippen LogP contribution < -0.4 is 18.7 Å². The van der Waals surface area contributed by atoms with Gasteiger partial charge in [-0.25, -0.2) is 22.0 Å². The zero-order chi connectivity index (χ0) is 23.0. The lowest BCUT2D eigenvalue weighted by Crippen LogP contribution is -2.50. The average Bonchev–Trinajstić information content (AvgIpc) is 2.78. The van der Waals surface area contributed by atoms with E-state index < -0.39 is 39.8 Å². The molecule has 1 aromatic heterocycles. The van der Waals surface area contributed by atoms with E-state index in [0.29, 0.717) is 10.1 Å². The summed E-state index contributed by atoms with van der Waals surface area (Å²) in [5.41, 5.74) is -0.442. The number of fused-ring (bicyclic) bond motifs is 1. The van der Waals surface area contributed by atoms with Crippen LogP contribution in [0.3, 0.4) is 0 Å². The molecule has 8 nitrogen and oxygen atoms in total. The number of hydrogen-bond acceptors (Lipinski definition) is 6. The molecule has 0 N–H and O–H groups in total. The van der Waals surface area contributed by atoms with Crippen LogP contribution in [0.25, 0.3) is 0 Å². The zero-order valence-corrected chi connectivity index (χ0v) is 17.8. The number of carbonyl (C=O) groups is 1. The van der Waals surface area contributed by atoms with Gasteiger partial charge in [-0.05, 0) is 24.3 Å². The van der Waals surface area contributed by atoms with Crippen molar-refractivity contribution in [2.45, 2.75) is 11.4 Å². The standard InChI is InChI=1S/C21H17F2N3O5S/c1-30-18-8-7-13(9-19(18)31-2)26-21(27)25(12-14-15(22)10-24-11-16(14)23)17-5-3-4-6-20(17)32(26,28)29/h3-11H,12H2,1-2H3. The van der Waals surface area contributed by atoms with Crippen LogP contribution in [0.4, 0.5) is 25.0 Å². The van der Waals surface area contributed by atoms with E-state index in [4.69, 9.17) is 9.47 Å². The molecule has 0 saturated heterocycles. The molecule has 0 unspecified atom stereocenters. The largest absolute Gasteiger partial charge is 0.493 e. The highest BCUT2D eigenvalue weighted by atomic mass is 32.2. The monoisotopic (exact) mass is 461 g/mol. The molecule has 2 amide bonds. The van der Waals surface area contributed by atoms with E-state index >= 15 is 0 Å². The molecule has 0 bridgehead atoms. The fourth-order valence-corrected chi connectivity index (χ4v) is 5.00. The number of rotatable bonds is 5. The van der Waals surface area contributed by atoms with Crippen molar-refractivity contribution in [1.29, 1.82) is 0 Å². The normalized spacial score (nSPS) is 14.8. The van der Waals surface area contributed by atoms with Crippen LogP contribution in [0.1, 0.15) is 5.56 Å². The molecule has 0 radical (unpaired) electrons. The van der Waals surface area contributed by atoms with Gasteiger partial charge in [0.2, 0.25) is 0 Å². The van der Waals surface area contributed by atoms with Crippen molar-refractivity contribution < 1.29 is 31.5 Å². The highest BCUT2D eigenvalue weighted by Crippen LogP contribution is 2.40. The number of hydrogen-bond donors (Lipinski definition) is 0. The maximum atomic E-state index is 14.3. The third kappa shape index (κ3) is 3.40. The van der Waals surface area contributed by atoms with Gasteiger partial charge in [0.15, 0.2) is 11.5 Å². The molecule has 1 aliphatic rings. The number of pyridine rings is 1. The lowest BCUT2D eigenvalue weighted by molar-refractivity contribution is 0.253. The molecule has 11 heteroatoms. The van der Waals surface area contributed by atoms with Crippen molar-refractivity contribution >= 4 is 27.4 Å². The van der Waals surface area contributed by atoms with Gasteiger partial charge in [0, 0.05) is 11.6 Å². The fraction of sp³-hybridized carbons (Fsp3) is 0.143. The third-order valence-corrected chi connectivity index (χ3v) is 6.70. The lowest BCUT2D eigenvalue weighted by Gasteiger charge is -2.36. The Labute approximate surface area is 182 Å². The number of benzene rings is 2. The molecule has 0 saturated carbocycles. The van der Waals surface area contributed by atoms with Crippen molar-refractivity contribution in [3.05, 3.63) is 72.1 Å². The Balaban J connectivity index is 1.89. The van der Waals surface area contributed by atoms with Crippen LogP contribution in [0.15, 0.2) is 59.8 Å². The molecule has 2 aromatic carbocycles. The first-order valence-corrected chi connectivity index (χ1v) is 10.7. The maximum absolute atomic E-state index is 14.3. The summed E-state index contributed by atoms with van der Waals surface area (Å²) in [6, 6.07) is 8.87. The molecule has 3 aromatic rings. The molecule has 0 spiro atoms. The lowest BCUT2D eigenvalue weighted by atomic mass is 10.2. The number of para-hydroxylation sites is 1. The molecule has 0 aliphatic carbocycles. The summed E-state index contributed by atoms with van der Waals surface area (Å²) < 4.78 is 66.2. The van der Waals surface area contributed by atoms with Gasteiger partial charge in [-0.2, -0.15) is 4.31 Å². The second-order valence-electron chi connectivity index (χ2n) is 6.73. The summed E-state index contributed by atoms with van der Waals surface area (Å²) in [4.78, 5) is 17.7. The summed E-state index contributed by atoms with van der Waals surface area (Å²) in [6.07, 6.45) is 1.64. The Morgan fingerprint density at radius 2 is 1.62 bits per heavy atom. The van der Waals surface area contributed by atoms with Crippen LogP contribution in [0, 0.1) is 11.6 Å². The number of aromatic nitrogens is 1. The van der Waals surface area contributed by atoms with E-state index in [9.17, 15) is 22.0 Å². The second kappa shape index (κ2) is 8.08. The smallest absolute Gasteiger partial charge is 0.343 e. The van der Waals surface area contributed by atoms with Crippen molar-refractivity contribution in [1.82, 2.24) is 4.98 Å². The Kier molecular flexibility index (Phi) is 5.43. The number of carbonyl (C=O) groups excluding carboxylic acids is 1. The van der Waals surface area contributed by atoms with Gasteiger partial charge in [-0.3, -0.25) is 9.88 Å². The summed E-state index contributed by atoms with van der Waals surface area (Å²) in [6.45, 7) is -0.546. The van der Waals surface area contributed by atoms with Crippen LogP contribution in [0.5, 0.6) is 11.5 Å². The van der Waals surface area contributed by atoms with Gasteiger partial charge in [0.25, 0.3) is 10.0 Å². The van der Waals surface area contributed by atoms with Crippen molar-refractivity contribution in [2.75, 3.05) is 23.4 Å². The molecule has 0 fully saturated rings. The van der Waals surface area contributed by atoms with Crippen LogP contribution in [-0.4, -0.2) is 33.7 Å². The first-order valence-electron chi connectivity index (χ1n) is 9.25. The second-order valence-corrected chi connectivity index (χ2v) is 8.48. The summed E-state index contributed by atoms with van der Waals surface area (Å²) in [5.74, 6) is -1.39. The van der Waals surface area contributed by atoms with E-state index in [2.05, 4.69) is 4.98 Å². The molecular formula is C21H17F2N3O5S. The predicted molar refractivity (Wildman–Crippen MR) is 111 cm³/mol. The number of ether oxygens (including phenoxy) is 2. The number of anilines is 2. The SMILES string of the molecule is COc1ccc(N2C(=O)N(Cc3c(F)cncc3F)c3ccccc3S2(=O)=O)cc1OC. The number of nitrogens with zero attached hydrogens (tertiary/aromatic N) is 3. The molecule has 1 aliphatic heterocycles. The van der Waals surface area contributed by atoms with Gasteiger partial charge in [0.1, 0.15) is 16.5 Å². The number of amides is 2. The first-order chi connectivity index (χ1) is 15.3. The summed E-state index contributed by atoms with van der Waals surface area (Å²) in [7, 11) is -1.55. The van der Waals surface area contributed by atoms with Gasteiger partial charge in [-0.1, -0.05) is 12.1 Å². The van der Waals surface area contributed by atoms with Gasteiger partial charge in [-0.15, -0.1) is 0 Å². The fourth-order valence-electron chi connectivity index (χ4n) is 3.41. The van der Waals surface area contributed by atoms with Gasteiger partial charge < -0.3 is 9.47 Å². The molecule has 4 rings (SSSR count). The Hall–Kier alpha value is -3.73. The topological polar surface area (TPSA) is 89.0 Å². The first kappa shape index (κ1) is 21.5. The van der Waals surface area contributed by atoms with E-state index in [0.717, 1.165) is 17.3 Å². The molecule has 2 heterocycles. The molecular weight excluding hydrogens is 444 g/mol. The van der Waals surface area contributed by atoms with E-state index in [1.807, 2.05) is 0 Å². The molecule has 0 atom stereocenters. The van der Waals surface area contributed by atoms with Crippen molar-refractivity contribution in [2.24, 2.45) is 0 Å².